The lowest BCUT2D eigenvalue weighted by atomic mass is 10.1. The third kappa shape index (κ3) is 2.63. The summed E-state index contributed by atoms with van der Waals surface area (Å²) in [5.41, 5.74) is 3.44. The number of amidine groups is 1. The highest BCUT2D eigenvalue weighted by molar-refractivity contribution is 8.16. The van der Waals surface area contributed by atoms with Crippen LogP contribution in [0.25, 0.3) is 11.3 Å². The van der Waals surface area contributed by atoms with Gasteiger partial charge < -0.3 is 10.2 Å². The minimum atomic E-state index is 0.258. The molecular formula is C15H12N8S. The van der Waals surface area contributed by atoms with Gasteiger partial charge in [0.1, 0.15) is 11.6 Å². The van der Waals surface area contributed by atoms with Crippen molar-refractivity contribution in [2.75, 3.05) is 18.4 Å². The maximum absolute atomic E-state index is 9.19. The van der Waals surface area contributed by atoms with Gasteiger partial charge in [-0.3, -0.25) is 4.99 Å². The highest BCUT2D eigenvalue weighted by Gasteiger charge is 2.26. The molecule has 0 saturated carbocycles. The average molecular weight is 336 g/mol. The van der Waals surface area contributed by atoms with Gasteiger partial charge in [0.25, 0.3) is 0 Å². The Morgan fingerprint density at radius 3 is 3.25 bits per heavy atom. The topological polar surface area (TPSA) is 106 Å². The number of thioether (sulfide) groups is 1. The van der Waals surface area contributed by atoms with Gasteiger partial charge in [-0.25, -0.2) is 0 Å². The van der Waals surface area contributed by atoms with Gasteiger partial charge in [0, 0.05) is 29.4 Å². The van der Waals surface area contributed by atoms with E-state index in [1.807, 2.05) is 24.3 Å². The van der Waals surface area contributed by atoms with E-state index in [-0.39, 0.29) is 5.82 Å². The van der Waals surface area contributed by atoms with Crippen molar-refractivity contribution in [3.63, 3.8) is 0 Å². The van der Waals surface area contributed by atoms with Crippen LogP contribution >= 0.6 is 11.8 Å². The summed E-state index contributed by atoms with van der Waals surface area (Å²) < 4.78 is 0. The third-order valence-corrected chi connectivity index (χ3v) is 4.52. The smallest absolute Gasteiger partial charge is 0.216 e. The van der Waals surface area contributed by atoms with Crippen LogP contribution in [-0.4, -0.2) is 43.8 Å². The first-order valence-electron chi connectivity index (χ1n) is 7.25. The zero-order valence-electron chi connectivity index (χ0n) is 12.5. The Bertz CT molecular complexity index is 890. The van der Waals surface area contributed by atoms with Crippen LogP contribution < -0.4 is 5.32 Å². The van der Waals surface area contributed by atoms with Crippen LogP contribution in [0, 0.1) is 11.3 Å². The molecule has 4 rings (SSSR count). The fourth-order valence-corrected chi connectivity index (χ4v) is 3.46. The summed E-state index contributed by atoms with van der Waals surface area (Å²) in [6.07, 6.45) is 1.57. The minimum Gasteiger partial charge on any atom is -0.360 e. The number of fused-ring (bicyclic) bond motifs is 1. The molecule has 9 heteroatoms. The summed E-state index contributed by atoms with van der Waals surface area (Å²) in [6, 6.07) is 10.1. The summed E-state index contributed by atoms with van der Waals surface area (Å²) in [5.74, 6) is 0.258. The number of hydrogen-bond donors (Lipinski definition) is 2. The van der Waals surface area contributed by atoms with E-state index in [0.717, 1.165) is 35.2 Å². The van der Waals surface area contributed by atoms with E-state index >= 15 is 0 Å². The molecule has 0 saturated heterocycles. The van der Waals surface area contributed by atoms with Crippen molar-refractivity contribution in [2.45, 2.75) is 0 Å². The summed E-state index contributed by atoms with van der Waals surface area (Å²) in [7, 11) is 0. The lowest BCUT2D eigenvalue weighted by Gasteiger charge is -2.17. The molecule has 0 spiro atoms. The Hall–Kier alpha value is -3.12. The molecular weight excluding hydrogens is 324 g/mol. The molecule has 118 valence electrons. The zero-order chi connectivity index (χ0) is 16.4. The fraction of sp³-hybridized carbons (Fsp3) is 0.133. The van der Waals surface area contributed by atoms with Crippen LogP contribution in [-0.2, 0) is 0 Å². The second-order valence-electron chi connectivity index (χ2n) is 5.07. The Morgan fingerprint density at radius 2 is 2.42 bits per heavy atom. The molecule has 2 N–H and O–H groups in total. The molecule has 0 atom stereocenters. The molecule has 3 heterocycles. The predicted octanol–water partition coefficient (Wildman–Crippen LogP) is 1.89. The number of allylic oxidation sites excluding steroid dienone is 1. The average Bonchev–Trinajstić information content (AvgIpc) is 3.33. The van der Waals surface area contributed by atoms with E-state index in [1.54, 1.807) is 18.0 Å². The molecule has 1 aromatic heterocycles. The lowest BCUT2D eigenvalue weighted by molar-refractivity contribution is 0.650. The van der Waals surface area contributed by atoms with E-state index in [9.17, 15) is 5.26 Å². The molecule has 0 radical (unpaired) electrons. The van der Waals surface area contributed by atoms with Crippen molar-refractivity contribution in [2.24, 2.45) is 4.99 Å². The lowest BCUT2D eigenvalue weighted by Crippen LogP contribution is -2.19. The van der Waals surface area contributed by atoms with Crippen molar-refractivity contribution in [3.8, 4) is 6.07 Å². The molecule has 0 unspecified atom stereocenters. The molecule has 2 aromatic rings. The zero-order valence-corrected chi connectivity index (χ0v) is 13.3. The quantitative estimate of drug-likeness (QED) is 0.821. The summed E-state index contributed by atoms with van der Waals surface area (Å²) in [4.78, 5) is 6.69. The predicted molar refractivity (Wildman–Crippen MR) is 92.4 cm³/mol. The van der Waals surface area contributed by atoms with Crippen molar-refractivity contribution in [1.82, 2.24) is 25.5 Å². The van der Waals surface area contributed by atoms with Crippen LogP contribution in [0.3, 0.4) is 0 Å². The van der Waals surface area contributed by atoms with Crippen LogP contribution in [0.15, 0.2) is 40.9 Å². The van der Waals surface area contributed by atoms with E-state index in [4.69, 9.17) is 0 Å². The first-order valence-corrected chi connectivity index (χ1v) is 8.13. The normalized spacial score (nSPS) is 16.5. The maximum atomic E-state index is 9.19. The van der Waals surface area contributed by atoms with Crippen molar-refractivity contribution in [3.05, 3.63) is 47.3 Å². The van der Waals surface area contributed by atoms with Gasteiger partial charge in [0.2, 0.25) is 5.82 Å². The largest absolute Gasteiger partial charge is 0.360 e. The van der Waals surface area contributed by atoms with Crippen molar-refractivity contribution < 1.29 is 0 Å². The molecule has 0 amide bonds. The number of nitrogens with zero attached hydrogens (tertiary/aromatic N) is 6. The molecule has 8 nitrogen and oxygen atoms in total. The van der Waals surface area contributed by atoms with Gasteiger partial charge in [0.15, 0.2) is 5.17 Å². The van der Waals surface area contributed by atoms with Gasteiger partial charge >= 0.3 is 0 Å². The highest BCUT2D eigenvalue weighted by atomic mass is 32.2. The van der Waals surface area contributed by atoms with Crippen LogP contribution in [0.5, 0.6) is 0 Å². The molecule has 0 fully saturated rings. The van der Waals surface area contributed by atoms with Gasteiger partial charge in [-0.05, 0) is 17.3 Å². The van der Waals surface area contributed by atoms with Gasteiger partial charge in [-0.1, -0.05) is 23.9 Å². The molecule has 0 bridgehead atoms. The van der Waals surface area contributed by atoms with Gasteiger partial charge in [-0.15, -0.1) is 10.2 Å². The first-order chi connectivity index (χ1) is 11.8. The Labute approximate surface area is 142 Å². The number of aromatic amines is 1. The number of benzene rings is 1. The Kier molecular flexibility index (Phi) is 3.72. The number of nitrogens with one attached hydrogen (secondary N) is 2. The molecule has 2 aliphatic heterocycles. The standard InChI is InChI=1S/C15H12N8S/c16-7-11(14-19-21-22-20-14)8-18-12-3-1-2-10(6-12)13-9-24-15-17-4-5-23(13)15/h1-3,6,8-9,18H,4-5H2,(H,19,20,21,22). The SMILES string of the molecule is N#CC(=CNc1cccc(C2=CSC3=NCCN23)c1)c1nn[nH]n1. The summed E-state index contributed by atoms with van der Waals surface area (Å²) in [5, 5.41) is 28.9. The number of hydrogen-bond acceptors (Lipinski definition) is 8. The van der Waals surface area contributed by atoms with E-state index in [1.165, 1.54) is 0 Å². The molecule has 2 aliphatic rings. The van der Waals surface area contributed by atoms with E-state index in [0.29, 0.717) is 5.57 Å². The second kappa shape index (κ2) is 6.17. The minimum absolute atomic E-state index is 0.258. The number of tetrazole rings is 1. The Balaban J connectivity index is 1.56. The summed E-state index contributed by atoms with van der Waals surface area (Å²) in [6.45, 7) is 1.76. The van der Waals surface area contributed by atoms with Gasteiger partial charge in [-0.2, -0.15) is 10.5 Å². The molecule has 0 aliphatic carbocycles. The number of H-pyrrole nitrogens is 1. The van der Waals surface area contributed by atoms with Crippen molar-refractivity contribution >= 4 is 33.9 Å². The number of anilines is 1. The third-order valence-electron chi connectivity index (χ3n) is 3.62. The van der Waals surface area contributed by atoms with Crippen LogP contribution in [0.1, 0.15) is 11.4 Å². The van der Waals surface area contributed by atoms with E-state index in [2.05, 4.69) is 47.3 Å². The monoisotopic (exact) mass is 336 g/mol. The molecule has 1 aromatic carbocycles. The van der Waals surface area contributed by atoms with Crippen molar-refractivity contribution in [1.29, 1.82) is 5.26 Å². The number of aliphatic imine (C=N–C) groups is 1. The number of nitriles is 1. The van der Waals surface area contributed by atoms with Crippen LogP contribution in [0.2, 0.25) is 0 Å². The highest BCUT2D eigenvalue weighted by Crippen LogP contribution is 2.35. The maximum Gasteiger partial charge on any atom is 0.216 e. The Morgan fingerprint density at radius 1 is 1.46 bits per heavy atom. The van der Waals surface area contributed by atoms with Gasteiger partial charge in [0.05, 0.1) is 12.2 Å². The summed E-state index contributed by atoms with van der Waals surface area (Å²) >= 11 is 1.65. The van der Waals surface area contributed by atoms with Crippen LogP contribution in [0.4, 0.5) is 5.69 Å². The number of rotatable bonds is 4. The number of aromatic nitrogens is 4. The fourth-order valence-electron chi connectivity index (χ4n) is 2.49. The second-order valence-corrected chi connectivity index (χ2v) is 5.90. The van der Waals surface area contributed by atoms with E-state index < -0.39 is 0 Å². The molecule has 24 heavy (non-hydrogen) atoms. The first kappa shape index (κ1) is 14.5.